The van der Waals surface area contributed by atoms with Crippen LogP contribution in [0.5, 0.6) is 0 Å². The molecule has 0 radical (unpaired) electrons. The molecule has 2 amide bonds. The summed E-state index contributed by atoms with van der Waals surface area (Å²) in [5, 5.41) is 6.15. The Morgan fingerprint density at radius 3 is 2.38 bits per heavy atom. The van der Waals surface area contributed by atoms with E-state index in [4.69, 9.17) is 0 Å². The molecular formula is C23H25N5O. The molecule has 0 spiro atoms. The number of nitrogens with one attached hydrogen (secondary N) is 2. The molecule has 1 aliphatic rings. The molecule has 0 unspecified atom stereocenters. The summed E-state index contributed by atoms with van der Waals surface area (Å²) < 4.78 is 0. The number of amides is 2. The predicted octanol–water partition coefficient (Wildman–Crippen LogP) is 3.86. The third kappa shape index (κ3) is 5.10. The van der Waals surface area contributed by atoms with Crippen LogP contribution in [0.4, 0.5) is 16.4 Å². The van der Waals surface area contributed by atoms with Gasteiger partial charge >= 0.3 is 6.03 Å². The van der Waals surface area contributed by atoms with Crippen LogP contribution in [-0.4, -0.2) is 35.1 Å². The van der Waals surface area contributed by atoms with E-state index in [0.29, 0.717) is 0 Å². The van der Waals surface area contributed by atoms with Gasteiger partial charge in [-0.2, -0.15) is 0 Å². The molecule has 0 bridgehead atoms. The highest BCUT2D eigenvalue weighted by Crippen LogP contribution is 2.20. The van der Waals surface area contributed by atoms with Gasteiger partial charge in [0.05, 0.1) is 0 Å². The zero-order valence-corrected chi connectivity index (χ0v) is 16.3. The standard InChI is InChI=1S/C23H25N5O/c29-23(26-20-11-15-28(16-12-20)22-24-13-6-14-25-22)27-21-10-5-4-9-19(21)17-18-7-2-1-3-8-18/h1-10,13-14,20H,11-12,15-17H2,(H2,26,27,29). The summed E-state index contributed by atoms with van der Waals surface area (Å²) >= 11 is 0. The number of rotatable bonds is 5. The lowest BCUT2D eigenvalue weighted by atomic mass is 10.0. The van der Waals surface area contributed by atoms with E-state index in [-0.39, 0.29) is 12.1 Å². The second kappa shape index (κ2) is 9.19. The molecular weight excluding hydrogens is 362 g/mol. The van der Waals surface area contributed by atoms with Gasteiger partial charge in [0.25, 0.3) is 0 Å². The van der Waals surface area contributed by atoms with Crippen molar-refractivity contribution in [2.24, 2.45) is 0 Å². The van der Waals surface area contributed by atoms with Gasteiger partial charge in [0, 0.05) is 37.2 Å². The van der Waals surface area contributed by atoms with Crippen molar-refractivity contribution in [1.82, 2.24) is 15.3 Å². The zero-order valence-electron chi connectivity index (χ0n) is 16.3. The molecule has 6 heteroatoms. The first-order valence-electron chi connectivity index (χ1n) is 9.99. The minimum Gasteiger partial charge on any atom is -0.341 e. The van der Waals surface area contributed by atoms with E-state index >= 15 is 0 Å². The first-order valence-corrected chi connectivity index (χ1v) is 9.99. The molecule has 148 valence electrons. The summed E-state index contributed by atoms with van der Waals surface area (Å²) in [5.41, 5.74) is 3.17. The number of nitrogens with zero attached hydrogens (tertiary/aromatic N) is 3. The Morgan fingerprint density at radius 2 is 1.62 bits per heavy atom. The molecule has 1 aliphatic heterocycles. The molecule has 4 rings (SSSR count). The van der Waals surface area contributed by atoms with Crippen LogP contribution < -0.4 is 15.5 Å². The summed E-state index contributed by atoms with van der Waals surface area (Å²) in [6, 6.07) is 20.0. The van der Waals surface area contributed by atoms with Gasteiger partial charge in [-0.05, 0) is 42.5 Å². The van der Waals surface area contributed by atoms with Crippen LogP contribution in [0.15, 0.2) is 73.1 Å². The largest absolute Gasteiger partial charge is 0.341 e. The van der Waals surface area contributed by atoms with Crippen LogP contribution in [0.2, 0.25) is 0 Å². The predicted molar refractivity (Wildman–Crippen MR) is 115 cm³/mol. The summed E-state index contributed by atoms with van der Waals surface area (Å²) in [5.74, 6) is 0.755. The Kier molecular flexibility index (Phi) is 6.00. The Labute approximate surface area is 171 Å². The molecule has 1 aromatic heterocycles. The normalized spacial score (nSPS) is 14.4. The maximum absolute atomic E-state index is 12.6. The van der Waals surface area contributed by atoms with Gasteiger partial charge in [-0.25, -0.2) is 14.8 Å². The van der Waals surface area contributed by atoms with Gasteiger partial charge in [0.2, 0.25) is 5.95 Å². The Bertz CT molecular complexity index is 924. The van der Waals surface area contributed by atoms with Crippen molar-refractivity contribution in [3.8, 4) is 0 Å². The minimum absolute atomic E-state index is 0.149. The van der Waals surface area contributed by atoms with E-state index in [1.54, 1.807) is 12.4 Å². The fourth-order valence-corrected chi connectivity index (χ4v) is 3.63. The van der Waals surface area contributed by atoms with Crippen LogP contribution in [0.1, 0.15) is 24.0 Å². The van der Waals surface area contributed by atoms with Gasteiger partial charge in [-0.3, -0.25) is 0 Å². The molecule has 2 N–H and O–H groups in total. The third-order valence-electron chi connectivity index (χ3n) is 5.17. The number of carbonyl (C=O) groups excluding carboxylic acids is 1. The first-order chi connectivity index (χ1) is 14.3. The van der Waals surface area contributed by atoms with Crippen molar-refractivity contribution < 1.29 is 4.79 Å². The molecule has 3 aromatic rings. The van der Waals surface area contributed by atoms with E-state index < -0.39 is 0 Å². The number of hydrogen-bond acceptors (Lipinski definition) is 4. The van der Waals surface area contributed by atoms with Crippen molar-refractivity contribution >= 4 is 17.7 Å². The van der Waals surface area contributed by atoms with Gasteiger partial charge in [0.1, 0.15) is 0 Å². The van der Waals surface area contributed by atoms with Crippen LogP contribution >= 0.6 is 0 Å². The maximum atomic E-state index is 12.6. The smallest absolute Gasteiger partial charge is 0.319 e. The number of anilines is 2. The third-order valence-corrected chi connectivity index (χ3v) is 5.17. The maximum Gasteiger partial charge on any atom is 0.319 e. The topological polar surface area (TPSA) is 70.2 Å². The molecule has 1 saturated heterocycles. The molecule has 29 heavy (non-hydrogen) atoms. The highest BCUT2D eigenvalue weighted by atomic mass is 16.2. The summed E-state index contributed by atoms with van der Waals surface area (Å²) in [6.07, 6.45) is 6.04. The van der Waals surface area contributed by atoms with Gasteiger partial charge < -0.3 is 15.5 Å². The number of hydrogen-bond donors (Lipinski definition) is 2. The molecule has 0 atom stereocenters. The summed E-state index contributed by atoms with van der Waals surface area (Å²) in [4.78, 5) is 23.3. The average molecular weight is 387 g/mol. The number of para-hydroxylation sites is 1. The van der Waals surface area contributed by atoms with Crippen LogP contribution in [0.25, 0.3) is 0 Å². The lowest BCUT2D eigenvalue weighted by Crippen LogP contribution is -2.46. The lowest BCUT2D eigenvalue weighted by Gasteiger charge is -2.32. The van der Waals surface area contributed by atoms with E-state index in [2.05, 4.69) is 43.7 Å². The quantitative estimate of drug-likeness (QED) is 0.697. The van der Waals surface area contributed by atoms with Crippen LogP contribution in [-0.2, 0) is 6.42 Å². The average Bonchev–Trinajstić information content (AvgIpc) is 2.77. The molecule has 0 saturated carbocycles. The molecule has 6 nitrogen and oxygen atoms in total. The Balaban J connectivity index is 1.31. The lowest BCUT2D eigenvalue weighted by molar-refractivity contribution is 0.246. The molecule has 1 fully saturated rings. The fourth-order valence-electron chi connectivity index (χ4n) is 3.63. The van der Waals surface area contributed by atoms with Crippen LogP contribution in [0.3, 0.4) is 0 Å². The van der Waals surface area contributed by atoms with Crippen molar-refractivity contribution in [1.29, 1.82) is 0 Å². The van der Waals surface area contributed by atoms with Gasteiger partial charge in [-0.15, -0.1) is 0 Å². The van der Waals surface area contributed by atoms with E-state index in [9.17, 15) is 4.79 Å². The number of benzene rings is 2. The van der Waals surface area contributed by atoms with Crippen LogP contribution in [0, 0.1) is 0 Å². The Hall–Kier alpha value is -3.41. The van der Waals surface area contributed by atoms with E-state index in [1.165, 1.54) is 5.56 Å². The van der Waals surface area contributed by atoms with Crippen molar-refractivity contribution in [3.63, 3.8) is 0 Å². The highest BCUT2D eigenvalue weighted by molar-refractivity contribution is 5.90. The number of urea groups is 1. The van der Waals surface area contributed by atoms with Crippen molar-refractivity contribution in [2.75, 3.05) is 23.3 Å². The number of piperidine rings is 1. The monoisotopic (exact) mass is 387 g/mol. The van der Waals surface area contributed by atoms with E-state index in [0.717, 1.165) is 49.6 Å². The summed E-state index contributed by atoms with van der Waals surface area (Å²) in [7, 11) is 0. The summed E-state index contributed by atoms with van der Waals surface area (Å²) in [6.45, 7) is 1.67. The molecule has 0 aliphatic carbocycles. The highest BCUT2D eigenvalue weighted by Gasteiger charge is 2.22. The van der Waals surface area contributed by atoms with Crippen molar-refractivity contribution in [3.05, 3.63) is 84.2 Å². The molecule has 2 aromatic carbocycles. The Morgan fingerprint density at radius 1 is 0.931 bits per heavy atom. The van der Waals surface area contributed by atoms with Gasteiger partial charge in [-0.1, -0.05) is 48.5 Å². The number of aromatic nitrogens is 2. The number of carbonyl (C=O) groups is 1. The molecule has 2 heterocycles. The minimum atomic E-state index is -0.153. The zero-order chi connectivity index (χ0) is 19.9. The first kappa shape index (κ1) is 18.9. The fraction of sp³-hybridized carbons (Fsp3) is 0.261. The van der Waals surface area contributed by atoms with E-state index in [1.807, 2.05) is 42.5 Å². The second-order valence-electron chi connectivity index (χ2n) is 7.23. The second-order valence-corrected chi connectivity index (χ2v) is 7.23. The van der Waals surface area contributed by atoms with Gasteiger partial charge in [0.15, 0.2) is 0 Å². The SMILES string of the molecule is O=C(Nc1ccccc1Cc1ccccc1)NC1CCN(c2ncccn2)CC1. The van der Waals surface area contributed by atoms with Crippen molar-refractivity contribution in [2.45, 2.75) is 25.3 Å².